The number of Topliss-reactive ketones (excluding diaryl/α,β-unsaturated/α-hetero) is 1. The fourth-order valence-electron chi connectivity index (χ4n) is 3.43. The van der Waals surface area contributed by atoms with Crippen LogP contribution in [0.4, 0.5) is 0 Å². The lowest BCUT2D eigenvalue weighted by atomic mass is 10.1. The number of aromatic nitrogens is 3. The van der Waals surface area contributed by atoms with Gasteiger partial charge in [-0.05, 0) is 39.3 Å². The molecular formula is C26H34N4O2S2. The molecule has 0 saturated heterocycles. The van der Waals surface area contributed by atoms with Crippen LogP contribution in [0, 0.1) is 0 Å². The highest BCUT2D eigenvalue weighted by atomic mass is 32.2. The molecule has 0 aliphatic rings. The van der Waals surface area contributed by atoms with Crippen molar-refractivity contribution in [2.45, 2.75) is 75.3 Å². The SMILES string of the molecule is CCCCCCCN(CCc1csc(SC(C)(C)C(C)=O)n1)C(=O)c1cnc2ccccc2n1. The maximum atomic E-state index is 13.4. The van der Waals surface area contributed by atoms with Crippen LogP contribution in [0.2, 0.25) is 0 Å². The zero-order chi connectivity index (χ0) is 24.6. The number of carbonyl (C=O) groups is 2. The average molecular weight is 499 g/mol. The van der Waals surface area contributed by atoms with Gasteiger partial charge in [0.1, 0.15) is 11.5 Å². The van der Waals surface area contributed by atoms with Crippen LogP contribution in [0.5, 0.6) is 0 Å². The number of carbonyl (C=O) groups excluding carboxylic acids is 2. The van der Waals surface area contributed by atoms with Crippen molar-refractivity contribution < 1.29 is 9.59 Å². The van der Waals surface area contributed by atoms with Crippen molar-refractivity contribution in [1.29, 1.82) is 0 Å². The second-order valence-corrected chi connectivity index (χ2v) is 11.7. The van der Waals surface area contributed by atoms with Gasteiger partial charge in [-0.2, -0.15) is 0 Å². The maximum Gasteiger partial charge on any atom is 0.274 e. The fourth-order valence-corrected chi connectivity index (χ4v) is 5.72. The second-order valence-electron chi connectivity index (χ2n) is 8.97. The Labute approximate surface area is 210 Å². The monoisotopic (exact) mass is 498 g/mol. The number of benzene rings is 1. The molecule has 34 heavy (non-hydrogen) atoms. The van der Waals surface area contributed by atoms with Crippen LogP contribution < -0.4 is 0 Å². The predicted molar refractivity (Wildman–Crippen MR) is 141 cm³/mol. The van der Waals surface area contributed by atoms with Gasteiger partial charge >= 0.3 is 0 Å². The lowest BCUT2D eigenvalue weighted by molar-refractivity contribution is -0.118. The van der Waals surface area contributed by atoms with Gasteiger partial charge in [0.15, 0.2) is 4.34 Å². The first kappa shape index (κ1) is 26.3. The third kappa shape index (κ3) is 7.34. The van der Waals surface area contributed by atoms with Crippen molar-refractivity contribution in [2.75, 3.05) is 13.1 Å². The molecule has 2 aromatic heterocycles. The number of fused-ring (bicyclic) bond motifs is 1. The van der Waals surface area contributed by atoms with Crippen molar-refractivity contribution in [2.24, 2.45) is 0 Å². The van der Waals surface area contributed by atoms with Crippen molar-refractivity contribution in [3.8, 4) is 0 Å². The first-order chi connectivity index (χ1) is 16.3. The van der Waals surface area contributed by atoms with Crippen LogP contribution in [0.3, 0.4) is 0 Å². The number of thiazole rings is 1. The minimum Gasteiger partial charge on any atom is -0.337 e. The van der Waals surface area contributed by atoms with Gasteiger partial charge in [-0.15, -0.1) is 11.3 Å². The van der Waals surface area contributed by atoms with E-state index in [4.69, 9.17) is 4.98 Å². The Morgan fingerprint density at radius 2 is 1.76 bits per heavy atom. The van der Waals surface area contributed by atoms with E-state index in [1.165, 1.54) is 31.0 Å². The molecule has 182 valence electrons. The molecular weight excluding hydrogens is 464 g/mol. The van der Waals surface area contributed by atoms with E-state index in [2.05, 4.69) is 16.9 Å². The Hall–Kier alpha value is -2.32. The minimum atomic E-state index is -0.496. The van der Waals surface area contributed by atoms with Crippen LogP contribution in [0.15, 0.2) is 40.2 Å². The van der Waals surface area contributed by atoms with Crippen LogP contribution in [-0.2, 0) is 11.2 Å². The smallest absolute Gasteiger partial charge is 0.274 e. The molecule has 3 aromatic rings. The number of nitrogens with zero attached hydrogens (tertiary/aromatic N) is 4. The molecule has 0 fully saturated rings. The summed E-state index contributed by atoms with van der Waals surface area (Å²) < 4.78 is 0.387. The molecule has 0 unspecified atom stereocenters. The van der Waals surface area contributed by atoms with Crippen LogP contribution in [0.25, 0.3) is 11.0 Å². The van der Waals surface area contributed by atoms with Crippen molar-refractivity contribution in [3.63, 3.8) is 0 Å². The zero-order valence-electron chi connectivity index (χ0n) is 20.5. The van der Waals surface area contributed by atoms with Crippen molar-refractivity contribution >= 4 is 45.8 Å². The molecule has 6 nitrogen and oxygen atoms in total. The van der Waals surface area contributed by atoms with Gasteiger partial charge in [-0.25, -0.2) is 9.97 Å². The van der Waals surface area contributed by atoms with E-state index in [9.17, 15) is 9.59 Å². The van der Waals surface area contributed by atoms with Crippen molar-refractivity contribution in [3.05, 3.63) is 47.2 Å². The van der Waals surface area contributed by atoms with E-state index < -0.39 is 4.75 Å². The highest BCUT2D eigenvalue weighted by Gasteiger charge is 2.26. The van der Waals surface area contributed by atoms with E-state index in [1.54, 1.807) is 24.5 Å². The lowest BCUT2D eigenvalue weighted by Gasteiger charge is -2.22. The number of hydrogen-bond donors (Lipinski definition) is 0. The number of thioether (sulfide) groups is 1. The number of amides is 1. The molecule has 0 atom stereocenters. The summed E-state index contributed by atoms with van der Waals surface area (Å²) in [5.41, 5.74) is 2.84. The van der Waals surface area contributed by atoms with Gasteiger partial charge in [-0.3, -0.25) is 14.6 Å². The van der Waals surface area contributed by atoms with Gasteiger partial charge in [0, 0.05) is 24.9 Å². The Morgan fingerprint density at radius 1 is 1.03 bits per heavy atom. The van der Waals surface area contributed by atoms with Gasteiger partial charge in [-0.1, -0.05) is 56.5 Å². The average Bonchev–Trinajstić information content (AvgIpc) is 3.26. The zero-order valence-corrected chi connectivity index (χ0v) is 22.2. The van der Waals surface area contributed by atoms with E-state index >= 15 is 0 Å². The maximum absolute atomic E-state index is 13.4. The van der Waals surface area contributed by atoms with Crippen LogP contribution >= 0.6 is 23.1 Å². The molecule has 0 bridgehead atoms. The summed E-state index contributed by atoms with van der Waals surface area (Å²) in [6.45, 7) is 8.92. The Kier molecular flexibility index (Phi) is 9.59. The Balaban J connectivity index is 1.68. The summed E-state index contributed by atoms with van der Waals surface area (Å²) in [6.07, 6.45) is 7.93. The topological polar surface area (TPSA) is 76.1 Å². The van der Waals surface area contributed by atoms with Gasteiger partial charge in [0.25, 0.3) is 5.91 Å². The van der Waals surface area contributed by atoms with Crippen LogP contribution in [-0.4, -0.2) is 49.4 Å². The standard InChI is InChI=1S/C26H34N4O2S2/c1-5-6-7-8-11-15-30(24(32)23-17-27-21-12-9-10-13-22(21)29-23)16-14-20-18-33-25(28-20)34-26(3,4)19(2)31/h9-10,12-13,17-18H,5-8,11,14-16H2,1-4H3. The molecule has 3 rings (SSSR count). The van der Waals surface area contributed by atoms with Gasteiger partial charge in [0.05, 0.1) is 27.7 Å². The molecule has 0 aliphatic carbocycles. The summed E-state index contributed by atoms with van der Waals surface area (Å²) in [4.78, 5) is 40.8. The molecule has 2 heterocycles. The molecule has 0 spiro atoms. The van der Waals surface area contributed by atoms with E-state index in [-0.39, 0.29) is 11.7 Å². The molecule has 0 aliphatic heterocycles. The molecule has 0 N–H and O–H groups in total. The molecule has 0 saturated carbocycles. The van der Waals surface area contributed by atoms with E-state index in [1.807, 2.05) is 48.4 Å². The minimum absolute atomic E-state index is 0.0868. The first-order valence-electron chi connectivity index (χ1n) is 12.0. The largest absolute Gasteiger partial charge is 0.337 e. The molecule has 8 heteroatoms. The molecule has 1 aromatic carbocycles. The lowest BCUT2D eigenvalue weighted by Crippen LogP contribution is -2.34. The quantitative estimate of drug-likeness (QED) is 0.206. The summed E-state index contributed by atoms with van der Waals surface area (Å²) in [7, 11) is 0. The summed E-state index contributed by atoms with van der Waals surface area (Å²) >= 11 is 3.05. The summed E-state index contributed by atoms with van der Waals surface area (Å²) in [6, 6.07) is 7.60. The second kappa shape index (κ2) is 12.4. The Bertz CT molecular complexity index is 1110. The fraction of sp³-hybridized carbons (Fsp3) is 0.500. The van der Waals surface area contributed by atoms with Crippen LogP contribution in [0.1, 0.15) is 76.0 Å². The number of unbranched alkanes of at least 4 members (excludes halogenated alkanes) is 4. The predicted octanol–water partition coefficient (Wildman–Crippen LogP) is 6.20. The molecule has 1 amide bonds. The third-order valence-electron chi connectivity index (χ3n) is 5.85. The summed E-state index contributed by atoms with van der Waals surface area (Å²) in [5, 5.41) is 2.03. The normalized spacial score (nSPS) is 11.6. The van der Waals surface area contributed by atoms with E-state index in [0.717, 1.165) is 33.9 Å². The number of hydrogen-bond acceptors (Lipinski definition) is 7. The number of para-hydroxylation sites is 2. The van der Waals surface area contributed by atoms with Crippen molar-refractivity contribution in [1.82, 2.24) is 19.9 Å². The summed E-state index contributed by atoms with van der Waals surface area (Å²) in [5.74, 6) is 0.0434. The van der Waals surface area contributed by atoms with Gasteiger partial charge < -0.3 is 4.90 Å². The number of ketones is 1. The first-order valence-corrected chi connectivity index (χ1v) is 13.7. The van der Waals surface area contributed by atoms with E-state index in [0.29, 0.717) is 25.2 Å². The number of rotatable bonds is 13. The Morgan fingerprint density at radius 3 is 2.50 bits per heavy atom. The molecule has 0 radical (unpaired) electrons. The third-order valence-corrected chi connectivity index (χ3v) is 8.13. The van der Waals surface area contributed by atoms with Gasteiger partial charge in [0.2, 0.25) is 0 Å². The highest BCUT2D eigenvalue weighted by molar-refractivity contribution is 8.03. The highest BCUT2D eigenvalue weighted by Crippen LogP contribution is 2.35.